The predicted octanol–water partition coefficient (Wildman–Crippen LogP) is 2.18. The van der Waals surface area contributed by atoms with Gasteiger partial charge in [0.1, 0.15) is 11.9 Å². The van der Waals surface area contributed by atoms with E-state index in [2.05, 4.69) is 22.5 Å². The summed E-state index contributed by atoms with van der Waals surface area (Å²) in [4.78, 5) is 15.2. The number of likely N-dealkylation sites (N-methyl/N-ethyl adjacent to an activating group) is 1. The summed E-state index contributed by atoms with van der Waals surface area (Å²) in [6.45, 7) is 2.47. The Morgan fingerprint density at radius 1 is 1.40 bits per heavy atom. The van der Waals surface area contributed by atoms with Gasteiger partial charge in [-0.05, 0) is 31.0 Å². The van der Waals surface area contributed by atoms with Crippen LogP contribution in [-0.4, -0.2) is 42.2 Å². The maximum absolute atomic E-state index is 11.2. The van der Waals surface area contributed by atoms with Crippen LogP contribution >= 0.6 is 22.9 Å². The van der Waals surface area contributed by atoms with E-state index >= 15 is 0 Å². The van der Waals surface area contributed by atoms with E-state index in [1.54, 1.807) is 12.4 Å². The number of rotatable bonds is 9. The predicted molar refractivity (Wildman–Crippen MR) is 99.3 cm³/mol. The highest BCUT2D eigenvalue weighted by atomic mass is 35.5. The van der Waals surface area contributed by atoms with E-state index in [4.69, 9.17) is 16.3 Å². The van der Waals surface area contributed by atoms with Gasteiger partial charge in [0, 0.05) is 25.0 Å². The van der Waals surface area contributed by atoms with Gasteiger partial charge in [-0.25, -0.2) is 4.98 Å². The second-order valence-electron chi connectivity index (χ2n) is 5.66. The molecule has 0 saturated carbocycles. The minimum Gasteiger partial charge on any atom is -0.484 e. The van der Waals surface area contributed by atoms with Crippen molar-refractivity contribution < 1.29 is 14.6 Å². The van der Waals surface area contributed by atoms with Gasteiger partial charge in [-0.3, -0.25) is 4.79 Å². The van der Waals surface area contributed by atoms with Crippen molar-refractivity contribution in [1.82, 2.24) is 15.6 Å². The van der Waals surface area contributed by atoms with E-state index in [9.17, 15) is 9.90 Å². The van der Waals surface area contributed by atoms with Crippen molar-refractivity contribution in [3.63, 3.8) is 0 Å². The Hall–Kier alpha value is -1.67. The summed E-state index contributed by atoms with van der Waals surface area (Å²) in [6.07, 6.45) is 0.131. The number of benzene rings is 1. The number of thiazole rings is 1. The van der Waals surface area contributed by atoms with Gasteiger partial charge in [0.15, 0.2) is 11.1 Å². The van der Waals surface area contributed by atoms with Crippen LogP contribution in [0.5, 0.6) is 5.75 Å². The van der Waals surface area contributed by atoms with Gasteiger partial charge in [0.2, 0.25) is 0 Å². The number of amides is 1. The average Bonchev–Trinajstić information content (AvgIpc) is 3.05. The lowest BCUT2D eigenvalue weighted by Crippen LogP contribution is -2.32. The van der Waals surface area contributed by atoms with Crippen molar-refractivity contribution in [3.8, 4) is 5.75 Å². The molecule has 0 aliphatic carbocycles. The first-order chi connectivity index (χ1) is 12.0. The second kappa shape index (κ2) is 9.72. The SMILES string of the molecule is CNC(=O)COc1ccc(CC(C)NCC(O)c2csc(Cl)n2)cc1. The van der Waals surface area contributed by atoms with Crippen LogP contribution in [0, 0.1) is 0 Å². The highest BCUT2D eigenvalue weighted by Crippen LogP contribution is 2.20. The number of ether oxygens (including phenoxy) is 1. The quantitative estimate of drug-likeness (QED) is 0.618. The number of halogens is 1. The normalized spacial score (nSPS) is 13.3. The van der Waals surface area contributed by atoms with Crippen LogP contribution in [0.3, 0.4) is 0 Å². The molecule has 0 spiro atoms. The summed E-state index contributed by atoms with van der Waals surface area (Å²) >= 11 is 7.09. The summed E-state index contributed by atoms with van der Waals surface area (Å²) in [5, 5.41) is 17.6. The molecule has 0 radical (unpaired) electrons. The molecule has 1 amide bonds. The van der Waals surface area contributed by atoms with Gasteiger partial charge in [-0.15, -0.1) is 11.3 Å². The van der Waals surface area contributed by atoms with Crippen LogP contribution in [0.15, 0.2) is 29.6 Å². The largest absolute Gasteiger partial charge is 0.484 e. The molecule has 0 aliphatic heterocycles. The Morgan fingerprint density at radius 2 is 2.12 bits per heavy atom. The topological polar surface area (TPSA) is 83.5 Å². The van der Waals surface area contributed by atoms with Gasteiger partial charge in [-0.2, -0.15) is 0 Å². The molecule has 25 heavy (non-hydrogen) atoms. The van der Waals surface area contributed by atoms with Gasteiger partial charge >= 0.3 is 0 Å². The van der Waals surface area contributed by atoms with E-state index in [1.165, 1.54) is 11.3 Å². The molecule has 6 nitrogen and oxygen atoms in total. The summed E-state index contributed by atoms with van der Waals surface area (Å²) in [7, 11) is 1.57. The zero-order chi connectivity index (χ0) is 18.2. The molecule has 0 fully saturated rings. The van der Waals surface area contributed by atoms with Gasteiger partial charge < -0.3 is 20.5 Å². The smallest absolute Gasteiger partial charge is 0.257 e. The maximum Gasteiger partial charge on any atom is 0.257 e. The Labute approximate surface area is 156 Å². The van der Waals surface area contributed by atoms with E-state index in [-0.39, 0.29) is 18.6 Å². The molecular formula is C17H22ClN3O3S. The number of nitrogens with one attached hydrogen (secondary N) is 2. The summed E-state index contributed by atoms with van der Waals surface area (Å²) in [5.74, 6) is 0.491. The molecule has 0 aliphatic rings. The number of carbonyl (C=O) groups excluding carboxylic acids is 1. The molecule has 0 bridgehead atoms. The standard InChI is InChI=1S/C17H22ClN3O3S/c1-11(20-8-15(22)14-10-25-17(18)21-14)7-12-3-5-13(6-4-12)24-9-16(23)19-2/h3-6,10-11,15,20,22H,7-9H2,1-2H3,(H,19,23). The number of carbonyl (C=O) groups is 1. The van der Waals surface area contributed by atoms with Crippen LogP contribution in [0.25, 0.3) is 0 Å². The Kier molecular flexibility index (Phi) is 7.64. The van der Waals surface area contributed by atoms with E-state index in [0.717, 1.165) is 12.0 Å². The van der Waals surface area contributed by atoms with Crippen LogP contribution in [-0.2, 0) is 11.2 Å². The third-order valence-electron chi connectivity index (χ3n) is 3.61. The lowest BCUT2D eigenvalue weighted by atomic mass is 10.1. The average molecular weight is 384 g/mol. The van der Waals surface area contributed by atoms with Crippen molar-refractivity contribution in [2.24, 2.45) is 0 Å². The lowest BCUT2D eigenvalue weighted by molar-refractivity contribution is -0.122. The number of aliphatic hydroxyl groups is 1. The minimum atomic E-state index is -0.674. The first kappa shape index (κ1) is 19.7. The highest BCUT2D eigenvalue weighted by molar-refractivity contribution is 7.13. The third kappa shape index (κ3) is 6.62. The third-order valence-corrected chi connectivity index (χ3v) is 4.61. The Bertz CT molecular complexity index is 678. The molecule has 2 rings (SSSR count). The number of aromatic nitrogens is 1. The zero-order valence-electron chi connectivity index (χ0n) is 14.2. The van der Waals surface area contributed by atoms with Crippen LogP contribution in [0.4, 0.5) is 0 Å². The van der Waals surface area contributed by atoms with Crippen molar-refractivity contribution in [3.05, 3.63) is 45.4 Å². The van der Waals surface area contributed by atoms with Gasteiger partial charge in [0.25, 0.3) is 5.91 Å². The van der Waals surface area contributed by atoms with E-state index in [1.807, 2.05) is 24.3 Å². The van der Waals surface area contributed by atoms with E-state index in [0.29, 0.717) is 22.5 Å². The van der Waals surface area contributed by atoms with E-state index < -0.39 is 6.10 Å². The van der Waals surface area contributed by atoms with Crippen molar-refractivity contribution >= 4 is 28.8 Å². The highest BCUT2D eigenvalue weighted by Gasteiger charge is 2.13. The maximum atomic E-state index is 11.2. The molecule has 2 aromatic rings. The fourth-order valence-electron chi connectivity index (χ4n) is 2.20. The lowest BCUT2D eigenvalue weighted by Gasteiger charge is -2.16. The first-order valence-corrected chi connectivity index (χ1v) is 9.18. The molecule has 0 saturated heterocycles. The van der Waals surface area contributed by atoms with Crippen molar-refractivity contribution in [1.29, 1.82) is 0 Å². The fraction of sp³-hybridized carbons (Fsp3) is 0.412. The second-order valence-corrected chi connectivity index (χ2v) is 7.10. The van der Waals surface area contributed by atoms with Crippen LogP contribution < -0.4 is 15.4 Å². The first-order valence-electron chi connectivity index (χ1n) is 7.92. The Morgan fingerprint density at radius 3 is 2.72 bits per heavy atom. The molecule has 136 valence electrons. The molecule has 3 N–H and O–H groups in total. The van der Waals surface area contributed by atoms with Gasteiger partial charge in [-0.1, -0.05) is 23.7 Å². The molecule has 1 heterocycles. The van der Waals surface area contributed by atoms with Crippen molar-refractivity contribution in [2.75, 3.05) is 20.2 Å². The molecular weight excluding hydrogens is 362 g/mol. The number of hydrogen-bond donors (Lipinski definition) is 3. The monoisotopic (exact) mass is 383 g/mol. The Balaban J connectivity index is 1.76. The summed E-state index contributed by atoms with van der Waals surface area (Å²) in [5.41, 5.74) is 1.73. The molecule has 2 atom stereocenters. The van der Waals surface area contributed by atoms with Crippen molar-refractivity contribution in [2.45, 2.75) is 25.5 Å². The fourth-order valence-corrected chi connectivity index (χ4v) is 3.02. The zero-order valence-corrected chi connectivity index (χ0v) is 15.7. The summed E-state index contributed by atoms with van der Waals surface area (Å²) < 4.78 is 5.80. The van der Waals surface area contributed by atoms with Gasteiger partial charge in [0.05, 0.1) is 5.69 Å². The molecule has 8 heteroatoms. The molecule has 2 unspecified atom stereocenters. The number of nitrogens with zero attached hydrogens (tertiary/aromatic N) is 1. The summed E-state index contributed by atoms with van der Waals surface area (Å²) in [6, 6.07) is 7.80. The number of hydrogen-bond acceptors (Lipinski definition) is 6. The molecule has 1 aromatic carbocycles. The van der Waals surface area contributed by atoms with Crippen LogP contribution in [0.1, 0.15) is 24.3 Å². The molecule has 1 aromatic heterocycles. The van der Waals surface area contributed by atoms with Crippen LogP contribution in [0.2, 0.25) is 4.47 Å². The number of aliphatic hydroxyl groups excluding tert-OH is 1. The minimum absolute atomic E-state index is 0.00628.